The molecule has 0 saturated heterocycles. The summed E-state index contributed by atoms with van der Waals surface area (Å²) in [7, 11) is 0. The number of carbonyl (C=O) groups excluding carboxylic acids is 3. The van der Waals surface area contributed by atoms with E-state index in [-0.39, 0.29) is 44.0 Å². The van der Waals surface area contributed by atoms with Crippen LogP contribution in [0.1, 0.15) is 207 Å². The van der Waals surface area contributed by atoms with Gasteiger partial charge in [-0.15, -0.1) is 0 Å². The van der Waals surface area contributed by atoms with E-state index in [0.717, 1.165) is 70.6 Å². The summed E-state index contributed by atoms with van der Waals surface area (Å²) in [4.78, 5) is 37.9. The summed E-state index contributed by atoms with van der Waals surface area (Å²) in [6.07, 6.45) is 66.4. The second kappa shape index (κ2) is 49.7. The maximum Gasteiger partial charge on any atom is 0.306 e. The van der Waals surface area contributed by atoms with Crippen molar-refractivity contribution >= 4 is 17.9 Å². The molecule has 0 amide bonds. The van der Waals surface area contributed by atoms with Crippen molar-refractivity contribution in [3.63, 3.8) is 0 Å². The molecule has 0 spiro atoms. The molecule has 6 nitrogen and oxygen atoms in total. The van der Waals surface area contributed by atoms with Crippen molar-refractivity contribution in [2.75, 3.05) is 13.2 Å². The lowest BCUT2D eigenvalue weighted by molar-refractivity contribution is -0.167. The number of ether oxygens (including phenoxy) is 3. The molecule has 1 unspecified atom stereocenters. The molecular weight excluding hydrogens is 769 g/mol. The molecule has 0 aliphatic rings. The molecule has 0 heterocycles. The van der Waals surface area contributed by atoms with Gasteiger partial charge in [-0.05, 0) is 77.0 Å². The number of esters is 3. The molecule has 0 fully saturated rings. The smallest absolute Gasteiger partial charge is 0.306 e. The zero-order valence-corrected chi connectivity index (χ0v) is 39.8. The zero-order valence-electron chi connectivity index (χ0n) is 39.8. The van der Waals surface area contributed by atoms with Gasteiger partial charge in [0.2, 0.25) is 0 Å². The topological polar surface area (TPSA) is 78.9 Å². The second-order valence-electron chi connectivity index (χ2n) is 16.1. The number of hydrogen-bond donors (Lipinski definition) is 0. The molecule has 0 N–H and O–H groups in total. The van der Waals surface area contributed by atoms with E-state index in [0.29, 0.717) is 19.3 Å². The summed E-state index contributed by atoms with van der Waals surface area (Å²) in [6.45, 7) is 6.36. The maximum atomic E-state index is 12.8. The first kappa shape index (κ1) is 58.1. The molecule has 0 rings (SSSR count). The van der Waals surface area contributed by atoms with Crippen molar-refractivity contribution in [3.8, 4) is 0 Å². The Morgan fingerprint density at radius 1 is 0.355 bits per heavy atom. The first-order chi connectivity index (χ1) is 30.5. The lowest BCUT2D eigenvalue weighted by Gasteiger charge is -2.18. The normalized spacial score (nSPS) is 13.0. The Balaban J connectivity index is 4.57. The van der Waals surface area contributed by atoms with Gasteiger partial charge in [0.15, 0.2) is 6.10 Å². The van der Waals surface area contributed by atoms with Crippen LogP contribution in [-0.2, 0) is 28.6 Å². The lowest BCUT2D eigenvalue weighted by atomic mass is 10.0. The fourth-order valence-electron chi connectivity index (χ4n) is 6.40. The highest BCUT2D eigenvalue weighted by atomic mass is 16.6. The van der Waals surface area contributed by atoms with Crippen molar-refractivity contribution in [1.82, 2.24) is 0 Å². The summed E-state index contributed by atoms with van der Waals surface area (Å²) < 4.78 is 16.7. The Kier molecular flexibility index (Phi) is 46.6. The van der Waals surface area contributed by atoms with E-state index in [2.05, 4.69) is 81.5 Å². The Bertz CT molecular complexity index is 1310. The maximum absolute atomic E-state index is 12.8. The molecule has 0 aliphatic carbocycles. The third-order valence-electron chi connectivity index (χ3n) is 10.1. The fraction of sp³-hybridized carbons (Fsp3) is 0.625. The van der Waals surface area contributed by atoms with Crippen molar-refractivity contribution in [2.24, 2.45) is 0 Å². The Hall–Kier alpha value is -3.93. The summed E-state index contributed by atoms with van der Waals surface area (Å²) in [5, 5.41) is 0. The minimum absolute atomic E-state index is 0.113. The molecule has 0 aromatic heterocycles. The van der Waals surface area contributed by atoms with Crippen LogP contribution in [0.25, 0.3) is 0 Å². The predicted octanol–water partition coefficient (Wildman–Crippen LogP) is 16.4. The first-order valence-electron chi connectivity index (χ1n) is 25.0. The zero-order chi connectivity index (χ0) is 45.1. The third kappa shape index (κ3) is 47.1. The van der Waals surface area contributed by atoms with Gasteiger partial charge in [-0.2, -0.15) is 0 Å². The van der Waals surface area contributed by atoms with Crippen molar-refractivity contribution < 1.29 is 28.6 Å². The molecule has 0 aromatic rings. The van der Waals surface area contributed by atoms with Gasteiger partial charge in [0, 0.05) is 19.3 Å². The van der Waals surface area contributed by atoms with Gasteiger partial charge in [-0.25, -0.2) is 0 Å². The quantitative estimate of drug-likeness (QED) is 0.0200. The van der Waals surface area contributed by atoms with Crippen LogP contribution in [0.2, 0.25) is 0 Å². The third-order valence-corrected chi connectivity index (χ3v) is 10.1. The second-order valence-corrected chi connectivity index (χ2v) is 16.1. The van der Waals surface area contributed by atoms with E-state index in [1.54, 1.807) is 0 Å². The summed E-state index contributed by atoms with van der Waals surface area (Å²) in [6, 6.07) is 0. The SMILES string of the molecule is CC\C=C/C=C\C=C/C=C\C=C/CCCCCC(=O)OC(COC(=O)CCC/C=C\C/C=C\C/C=C\C/C=C\CCCCC)COC(=O)CCCCCCCCCCCCCC. The minimum Gasteiger partial charge on any atom is -0.462 e. The number of rotatable bonds is 43. The van der Waals surface area contributed by atoms with Crippen LogP contribution in [0, 0.1) is 0 Å². The highest BCUT2D eigenvalue weighted by Crippen LogP contribution is 2.14. The van der Waals surface area contributed by atoms with Crippen LogP contribution in [0.5, 0.6) is 0 Å². The van der Waals surface area contributed by atoms with Crippen LogP contribution in [-0.4, -0.2) is 37.2 Å². The largest absolute Gasteiger partial charge is 0.462 e. The van der Waals surface area contributed by atoms with Crippen LogP contribution in [0.15, 0.2) is 109 Å². The number of carbonyl (C=O) groups is 3. The summed E-state index contributed by atoms with van der Waals surface area (Å²) >= 11 is 0. The lowest BCUT2D eigenvalue weighted by Crippen LogP contribution is -2.30. The molecule has 1 atom stereocenters. The van der Waals surface area contributed by atoms with E-state index in [4.69, 9.17) is 14.2 Å². The first-order valence-corrected chi connectivity index (χ1v) is 25.0. The molecule has 6 heteroatoms. The Morgan fingerprint density at radius 3 is 1.23 bits per heavy atom. The fourth-order valence-corrected chi connectivity index (χ4v) is 6.40. The molecule has 0 saturated carbocycles. The van der Waals surface area contributed by atoms with Crippen molar-refractivity contribution in [2.45, 2.75) is 213 Å². The van der Waals surface area contributed by atoms with Gasteiger partial charge in [-0.3, -0.25) is 14.4 Å². The molecule has 0 radical (unpaired) electrons. The van der Waals surface area contributed by atoms with Crippen molar-refractivity contribution in [1.29, 1.82) is 0 Å². The van der Waals surface area contributed by atoms with Crippen molar-refractivity contribution in [3.05, 3.63) is 109 Å². The average molecular weight is 859 g/mol. The molecule has 0 bridgehead atoms. The van der Waals surface area contributed by atoms with E-state index >= 15 is 0 Å². The number of allylic oxidation sites excluding steroid dienone is 18. The van der Waals surface area contributed by atoms with E-state index in [1.165, 1.54) is 83.5 Å². The molecule has 350 valence electrons. The number of hydrogen-bond acceptors (Lipinski definition) is 6. The highest BCUT2D eigenvalue weighted by Gasteiger charge is 2.19. The molecular formula is C56H90O6. The Labute approximate surface area is 380 Å². The minimum atomic E-state index is -0.821. The van der Waals surface area contributed by atoms with Gasteiger partial charge >= 0.3 is 17.9 Å². The van der Waals surface area contributed by atoms with Crippen LogP contribution in [0.4, 0.5) is 0 Å². The van der Waals surface area contributed by atoms with Gasteiger partial charge in [0.05, 0.1) is 0 Å². The predicted molar refractivity (Wildman–Crippen MR) is 265 cm³/mol. The highest BCUT2D eigenvalue weighted by molar-refractivity contribution is 5.71. The summed E-state index contributed by atoms with van der Waals surface area (Å²) in [5.74, 6) is -1.02. The molecule has 0 aromatic carbocycles. The van der Waals surface area contributed by atoms with Gasteiger partial charge in [0.25, 0.3) is 0 Å². The van der Waals surface area contributed by atoms with Gasteiger partial charge in [-0.1, -0.05) is 220 Å². The standard InChI is InChI=1S/C56H90O6/c1-4-7-10-13-16-19-22-25-27-28-30-31-34-37-40-43-46-49-55(58)61-52-53(51-60-54(57)48-45-42-39-36-33-24-21-18-15-12-9-6-3)62-56(59)50-47-44-41-38-35-32-29-26-23-20-17-14-11-8-5-2/h8,11,14,16-17,19-20,23,25-27,29-32,35,37,40,53H,4-7,9-10,12-13,15,18,21-22,24,28,33-34,36,38-39,41-52H2,1-3H3/b11-8-,17-14-,19-16-,23-20-,27-25-,29-26-,31-30-,35-32-,40-37-. The van der Waals surface area contributed by atoms with Crippen LogP contribution >= 0.6 is 0 Å². The van der Waals surface area contributed by atoms with E-state index in [9.17, 15) is 14.4 Å². The molecule has 0 aliphatic heterocycles. The Morgan fingerprint density at radius 2 is 0.710 bits per heavy atom. The van der Waals surface area contributed by atoms with E-state index < -0.39 is 6.10 Å². The molecule has 62 heavy (non-hydrogen) atoms. The number of unbranched alkanes of at least 4 members (excludes halogenated alkanes) is 18. The van der Waals surface area contributed by atoms with Gasteiger partial charge < -0.3 is 14.2 Å². The monoisotopic (exact) mass is 859 g/mol. The average Bonchev–Trinajstić information content (AvgIpc) is 3.27. The van der Waals surface area contributed by atoms with Gasteiger partial charge in [0.1, 0.15) is 13.2 Å². The van der Waals surface area contributed by atoms with Crippen LogP contribution in [0.3, 0.4) is 0 Å². The van der Waals surface area contributed by atoms with E-state index in [1.807, 2.05) is 48.6 Å². The summed E-state index contributed by atoms with van der Waals surface area (Å²) in [5.41, 5.74) is 0. The van der Waals surface area contributed by atoms with Crippen LogP contribution < -0.4 is 0 Å².